The normalized spacial score (nSPS) is 15.1. The summed E-state index contributed by atoms with van der Waals surface area (Å²) in [4.78, 5) is 16.4. The first-order valence-electron chi connectivity index (χ1n) is 11.8. The van der Waals surface area contributed by atoms with Crippen molar-refractivity contribution < 1.29 is 23.8 Å². The molecule has 1 atom stereocenters. The Morgan fingerprint density at radius 2 is 1.91 bits per heavy atom. The molecule has 0 radical (unpaired) electrons. The molecule has 1 aliphatic carbocycles. The van der Waals surface area contributed by atoms with Gasteiger partial charge in [0.05, 0.1) is 12.3 Å². The van der Waals surface area contributed by atoms with Gasteiger partial charge in [-0.1, -0.05) is 53.4 Å². The smallest absolute Gasteiger partial charge is 0.345 e. The Morgan fingerprint density at radius 1 is 1.15 bits per heavy atom. The Labute approximate surface area is 208 Å². The summed E-state index contributed by atoms with van der Waals surface area (Å²) in [5.74, 6) is 2.46. The van der Waals surface area contributed by atoms with Crippen LogP contribution in [0.1, 0.15) is 60.9 Å². The molecule has 3 aromatic rings. The predicted molar refractivity (Wildman–Crippen MR) is 133 cm³/mol. The Balaban J connectivity index is 1.29. The second-order valence-electron chi connectivity index (χ2n) is 8.74. The largest absolute Gasteiger partial charge is 0.493 e. The van der Waals surface area contributed by atoms with Gasteiger partial charge >= 0.3 is 5.97 Å². The highest BCUT2D eigenvalue weighted by molar-refractivity contribution is 9.10. The van der Waals surface area contributed by atoms with Crippen LogP contribution in [0, 0.1) is 6.92 Å². The average Bonchev–Trinajstić information content (AvgIpc) is 3.21. The van der Waals surface area contributed by atoms with E-state index in [4.69, 9.17) is 18.9 Å². The quantitative estimate of drug-likeness (QED) is 0.324. The van der Waals surface area contributed by atoms with Crippen LogP contribution >= 0.6 is 15.9 Å². The zero-order valence-corrected chi connectivity index (χ0v) is 20.9. The van der Waals surface area contributed by atoms with E-state index in [1.165, 1.54) is 32.1 Å². The number of halogens is 1. The summed E-state index contributed by atoms with van der Waals surface area (Å²) in [6.45, 7) is 2.47. The van der Waals surface area contributed by atoms with Gasteiger partial charge in [0.15, 0.2) is 12.0 Å². The number of hydrogen-bond donors (Lipinski definition) is 1. The van der Waals surface area contributed by atoms with Crippen molar-refractivity contribution in [2.24, 2.45) is 0 Å². The van der Waals surface area contributed by atoms with Crippen molar-refractivity contribution >= 4 is 21.9 Å². The zero-order valence-electron chi connectivity index (χ0n) is 19.3. The van der Waals surface area contributed by atoms with Gasteiger partial charge in [0.2, 0.25) is 0 Å². The number of carbonyl (C=O) groups is 1. The Morgan fingerprint density at radius 3 is 2.62 bits per heavy atom. The lowest BCUT2D eigenvalue weighted by molar-refractivity contribution is -0.145. The molecule has 6 nitrogen and oxygen atoms in total. The minimum Gasteiger partial charge on any atom is -0.493 e. The van der Waals surface area contributed by atoms with Crippen LogP contribution in [-0.2, 0) is 17.6 Å². The van der Waals surface area contributed by atoms with E-state index in [1.807, 2.05) is 43.3 Å². The van der Waals surface area contributed by atoms with Gasteiger partial charge in [-0.15, -0.1) is 0 Å². The van der Waals surface area contributed by atoms with Crippen LogP contribution in [0.25, 0.3) is 0 Å². The molecule has 1 fully saturated rings. The van der Waals surface area contributed by atoms with Gasteiger partial charge in [-0.25, -0.2) is 9.78 Å². The number of nitrogens with zero attached hydrogens (tertiary/aromatic N) is 1. The molecule has 0 spiro atoms. The monoisotopic (exact) mass is 527 g/mol. The fraction of sp³-hybridized carbons (Fsp3) is 0.407. The molecule has 1 heterocycles. The maximum Gasteiger partial charge on any atom is 0.345 e. The standard InChI is InChI=1S/C27H30BrNO5/c1-18-24(29-26(33-18)20-6-3-2-4-7-20)14-15-32-22-12-10-19(11-13-22)16-25(27(30)31)34-23-9-5-8-21(28)17-23/h5,8-13,17,20,25H,2-4,6-7,14-16H2,1H3,(H,30,31). The first-order chi connectivity index (χ1) is 16.5. The Kier molecular flexibility index (Phi) is 8.27. The summed E-state index contributed by atoms with van der Waals surface area (Å²) >= 11 is 3.37. The molecular formula is C27H30BrNO5. The maximum absolute atomic E-state index is 11.7. The lowest BCUT2D eigenvalue weighted by Crippen LogP contribution is -2.29. The molecule has 1 saturated carbocycles. The minimum absolute atomic E-state index is 0.254. The number of aryl methyl sites for hydroxylation is 1. The van der Waals surface area contributed by atoms with E-state index in [1.54, 1.807) is 12.1 Å². The van der Waals surface area contributed by atoms with Crippen LogP contribution in [0.3, 0.4) is 0 Å². The van der Waals surface area contributed by atoms with Crippen LogP contribution in [0.4, 0.5) is 0 Å². The van der Waals surface area contributed by atoms with Gasteiger partial charge in [-0.05, 0) is 55.7 Å². The van der Waals surface area contributed by atoms with Gasteiger partial charge in [-0.3, -0.25) is 0 Å². The van der Waals surface area contributed by atoms with Crippen molar-refractivity contribution in [1.29, 1.82) is 0 Å². The second-order valence-corrected chi connectivity index (χ2v) is 9.65. The summed E-state index contributed by atoms with van der Waals surface area (Å²) in [7, 11) is 0. The van der Waals surface area contributed by atoms with E-state index in [0.29, 0.717) is 24.7 Å². The van der Waals surface area contributed by atoms with Crippen LogP contribution in [0.5, 0.6) is 11.5 Å². The van der Waals surface area contributed by atoms with Crippen molar-refractivity contribution in [3.63, 3.8) is 0 Å². The first kappa shape index (κ1) is 24.3. The summed E-state index contributed by atoms with van der Waals surface area (Å²) in [6.07, 6.45) is 6.11. The van der Waals surface area contributed by atoms with Gasteiger partial charge in [0.1, 0.15) is 17.3 Å². The number of aliphatic carboxylic acids is 1. The van der Waals surface area contributed by atoms with Gasteiger partial charge in [-0.2, -0.15) is 0 Å². The number of carboxylic acids is 1. The van der Waals surface area contributed by atoms with Crippen molar-refractivity contribution in [1.82, 2.24) is 4.98 Å². The molecular weight excluding hydrogens is 498 g/mol. The van der Waals surface area contributed by atoms with Gasteiger partial charge in [0, 0.05) is 23.2 Å². The lowest BCUT2D eigenvalue weighted by Gasteiger charge is -2.17. The van der Waals surface area contributed by atoms with E-state index in [0.717, 1.165) is 33.1 Å². The third-order valence-corrected chi connectivity index (χ3v) is 6.66. The lowest BCUT2D eigenvalue weighted by atomic mass is 9.89. The molecule has 1 aliphatic rings. The molecule has 34 heavy (non-hydrogen) atoms. The zero-order chi connectivity index (χ0) is 23.9. The molecule has 0 bridgehead atoms. The number of rotatable bonds is 10. The number of aromatic nitrogens is 1. The van der Waals surface area contributed by atoms with Crippen molar-refractivity contribution in [3.8, 4) is 11.5 Å². The van der Waals surface area contributed by atoms with E-state index in [9.17, 15) is 9.90 Å². The topological polar surface area (TPSA) is 81.8 Å². The minimum atomic E-state index is -1.00. The number of oxazole rings is 1. The SMILES string of the molecule is Cc1oc(C2CCCCC2)nc1CCOc1ccc(CC(Oc2cccc(Br)c2)C(=O)O)cc1. The predicted octanol–water partition coefficient (Wildman–Crippen LogP) is 6.49. The van der Waals surface area contributed by atoms with E-state index in [-0.39, 0.29) is 6.42 Å². The van der Waals surface area contributed by atoms with Crippen molar-refractivity contribution in [3.05, 3.63) is 75.9 Å². The van der Waals surface area contributed by atoms with Gasteiger partial charge < -0.3 is 19.0 Å². The number of benzene rings is 2. The number of ether oxygens (including phenoxy) is 2. The molecule has 0 saturated heterocycles. The molecule has 2 aromatic carbocycles. The molecule has 180 valence electrons. The van der Waals surface area contributed by atoms with Crippen molar-refractivity contribution in [2.75, 3.05) is 6.61 Å². The molecule has 0 aliphatic heterocycles. The van der Waals surface area contributed by atoms with Crippen LogP contribution < -0.4 is 9.47 Å². The first-order valence-corrected chi connectivity index (χ1v) is 12.6. The molecule has 7 heteroatoms. The van der Waals surface area contributed by atoms with Crippen molar-refractivity contribution in [2.45, 2.75) is 63.9 Å². The highest BCUT2D eigenvalue weighted by Gasteiger charge is 2.22. The maximum atomic E-state index is 11.7. The van der Waals surface area contributed by atoms with E-state index < -0.39 is 12.1 Å². The number of carboxylic acid groups (broad SMARTS) is 1. The summed E-state index contributed by atoms with van der Waals surface area (Å²) in [5, 5.41) is 9.58. The highest BCUT2D eigenvalue weighted by Crippen LogP contribution is 2.33. The highest BCUT2D eigenvalue weighted by atomic mass is 79.9. The Hall–Kier alpha value is -2.80. The summed E-state index contributed by atoms with van der Waals surface area (Å²) in [5.41, 5.74) is 1.82. The average molecular weight is 528 g/mol. The van der Waals surface area contributed by atoms with Crippen LogP contribution in [-0.4, -0.2) is 28.8 Å². The van der Waals surface area contributed by atoms with Crippen LogP contribution in [0.15, 0.2) is 57.4 Å². The fourth-order valence-electron chi connectivity index (χ4n) is 4.29. The summed E-state index contributed by atoms with van der Waals surface area (Å²) in [6, 6.07) is 14.6. The molecule has 0 amide bonds. The molecule has 4 rings (SSSR count). The van der Waals surface area contributed by atoms with E-state index in [2.05, 4.69) is 15.9 Å². The van der Waals surface area contributed by atoms with Crippen LogP contribution in [0.2, 0.25) is 0 Å². The molecule has 1 aromatic heterocycles. The third kappa shape index (κ3) is 6.63. The second kappa shape index (κ2) is 11.6. The van der Waals surface area contributed by atoms with Gasteiger partial charge in [0.25, 0.3) is 0 Å². The fourth-order valence-corrected chi connectivity index (χ4v) is 4.67. The molecule has 1 unspecified atom stereocenters. The number of hydrogen-bond acceptors (Lipinski definition) is 5. The molecule has 1 N–H and O–H groups in total. The summed E-state index contributed by atoms with van der Waals surface area (Å²) < 4.78 is 18.4. The van der Waals surface area contributed by atoms with E-state index >= 15 is 0 Å². The third-order valence-electron chi connectivity index (χ3n) is 6.17. The Bertz CT molecular complexity index is 1090.